The van der Waals surface area contributed by atoms with Gasteiger partial charge in [0.2, 0.25) is 0 Å². The number of ether oxygens (including phenoxy) is 2. The third kappa shape index (κ3) is 8.24. The van der Waals surface area contributed by atoms with Crippen molar-refractivity contribution in [3.8, 4) is 11.5 Å². The number of hydrazine groups is 1. The van der Waals surface area contributed by atoms with Crippen molar-refractivity contribution in [1.82, 2.24) is 16.2 Å². The molecule has 3 N–H and O–H groups in total. The third-order valence-electron chi connectivity index (χ3n) is 3.77. The Morgan fingerprint density at radius 1 is 1.06 bits per heavy atom. The molecule has 2 aromatic carbocycles. The van der Waals surface area contributed by atoms with E-state index in [2.05, 4.69) is 16.2 Å². The van der Waals surface area contributed by atoms with Gasteiger partial charge in [-0.2, -0.15) is 0 Å². The maximum atomic E-state index is 12.4. The van der Waals surface area contributed by atoms with Crippen LogP contribution in [0.2, 0.25) is 10.0 Å². The molecule has 0 aromatic heterocycles. The van der Waals surface area contributed by atoms with Crippen molar-refractivity contribution < 1.29 is 19.1 Å². The van der Waals surface area contributed by atoms with Gasteiger partial charge in [-0.05, 0) is 61.5 Å². The number of nitrogens with one attached hydrogen (secondary N) is 3. The van der Waals surface area contributed by atoms with Crippen LogP contribution in [0, 0.1) is 5.92 Å². The van der Waals surface area contributed by atoms with Crippen LogP contribution < -0.4 is 25.6 Å². The van der Waals surface area contributed by atoms with Crippen molar-refractivity contribution in [2.45, 2.75) is 26.9 Å². The Morgan fingerprint density at radius 3 is 2.48 bits per heavy atom. The lowest BCUT2D eigenvalue weighted by atomic mass is 10.2. The predicted octanol–water partition coefficient (Wildman–Crippen LogP) is 4.13. The average molecular weight is 484 g/mol. The van der Waals surface area contributed by atoms with Crippen molar-refractivity contribution in [2.75, 3.05) is 6.61 Å². The van der Waals surface area contributed by atoms with Crippen LogP contribution in [-0.4, -0.2) is 29.6 Å². The van der Waals surface area contributed by atoms with Gasteiger partial charge in [0.05, 0.1) is 11.6 Å². The van der Waals surface area contributed by atoms with E-state index in [9.17, 15) is 9.59 Å². The van der Waals surface area contributed by atoms with Crippen LogP contribution in [0.4, 0.5) is 0 Å². The highest BCUT2D eigenvalue weighted by Crippen LogP contribution is 2.28. The molecule has 0 saturated carbocycles. The van der Waals surface area contributed by atoms with Crippen LogP contribution in [0.15, 0.2) is 42.5 Å². The second kappa shape index (κ2) is 11.7. The third-order valence-corrected chi connectivity index (χ3v) is 4.51. The fraction of sp³-hybridized carbons (Fsp3) is 0.286. The number of benzene rings is 2. The van der Waals surface area contributed by atoms with Crippen molar-refractivity contribution >= 4 is 52.3 Å². The molecule has 0 aliphatic carbocycles. The summed E-state index contributed by atoms with van der Waals surface area (Å²) in [5.74, 6) is 0.287. The van der Waals surface area contributed by atoms with Crippen molar-refractivity contribution in [2.24, 2.45) is 5.92 Å². The number of halogens is 2. The lowest BCUT2D eigenvalue weighted by molar-refractivity contribution is -0.127. The minimum Gasteiger partial charge on any atom is -0.493 e. The minimum absolute atomic E-state index is 0.0800. The van der Waals surface area contributed by atoms with Crippen molar-refractivity contribution in [3.05, 3.63) is 58.1 Å². The van der Waals surface area contributed by atoms with Gasteiger partial charge in [0.25, 0.3) is 11.8 Å². The minimum atomic E-state index is -0.889. The van der Waals surface area contributed by atoms with E-state index in [1.165, 1.54) is 13.0 Å². The Hall–Kier alpha value is -2.55. The van der Waals surface area contributed by atoms with Crippen molar-refractivity contribution in [3.63, 3.8) is 0 Å². The summed E-state index contributed by atoms with van der Waals surface area (Å²) in [6.45, 7) is 6.14. The number of rotatable bonds is 7. The highest BCUT2D eigenvalue weighted by molar-refractivity contribution is 7.80. The Labute approximate surface area is 196 Å². The topological polar surface area (TPSA) is 88.7 Å². The Morgan fingerprint density at radius 2 is 1.81 bits per heavy atom. The van der Waals surface area contributed by atoms with E-state index in [4.69, 9.17) is 44.9 Å². The van der Waals surface area contributed by atoms with Crippen LogP contribution in [-0.2, 0) is 4.79 Å². The lowest BCUT2D eigenvalue weighted by Crippen LogP contribution is -2.51. The maximum Gasteiger partial charge on any atom is 0.279 e. The molecule has 0 aliphatic heterocycles. The van der Waals surface area contributed by atoms with Crippen LogP contribution in [0.3, 0.4) is 0 Å². The van der Waals surface area contributed by atoms with Crippen LogP contribution >= 0.6 is 35.4 Å². The quantitative estimate of drug-likeness (QED) is 0.405. The first kappa shape index (κ1) is 24.7. The summed E-state index contributed by atoms with van der Waals surface area (Å²) in [4.78, 5) is 24.6. The van der Waals surface area contributed by atoms with Gasteiger partial charge in [0.15, 0.2) is 11.2 Å². The lowest BCUT2D eigenvalue weighted by Gasteiger charge is -2.17. The molecule has 0 radical (unpaired) electrons. The fourth-order valence-corrected chi connectivity index (χ4v) is 2.83. The zero-order valence-electron chi connectivity index (χ0n) is 17.2. The first-order valence-corrected chi connectivity index (χ1v) is 10.6. The van der Waals surface area contributed by atoms with Gasteiger partial charge < -0.3 is 9.47 Å². The number of hydrogen-bond acceptors (Lipinski definition) is 5. The molecule has 2 aromatic rings. The summed E-state index contributed by atoms with van der Waals surface area (Å²) in [5.41, 5.74) is 5.20. The smallest absolute Gasteiger partial charge is 0.279 e. The van der Waals surface area contributed by atoms with E-state index in [1.54, 1.807) is 36.4 Å². The maximum absolute atomic E-state index is 12.4. The predicted molar refractivity (Wildman–Crippen MR) is 125 cm³/mol. The number of hydrogen-bond donors (Lipinski definition) is 3. The average Bonchev–Trinajstić information content (AvgIpc) is 2.72. The summed E-state index contributed by atoms with van der Waals surface area (Å²) < 4.78 is 11.1. The molecule has 0 spiro atoms. The van der Waals surface area contributed by atoms with E-state index in [0.717, 1.165) is 0 Å². The molecule has 0 bridgehead atoms. The molecule has 2 amide bonds. The van der Waals surface area contributed by atoms with Crippen LogP contribution in [0.25, 0.3) is 0 Å². The molecule has 166 valence electrons. The Bertz CT molecular complexity index is 956. The number of amides is 2. The standard InChI is InChI=1S/C21H23Cl2N3O4S/c1-12(2)11-29-16-6-4-5-14(9-16)20(28)24-21(31)26-25-19(27)13(3)30-18-8-7-15(22)10-17(18)23/h4-10,12-13H,11H2,1-3H3,(H,25,27)(H2,24,26,28,31). The van der Waals surface area contributed by atoms with Gasteiger partial charge in [-0.25, -0.2) is 0 Å². The highest BCUT2D eigenvalue weighted by atomic mass is 35.5. The normalized spacial score (nSPS) is 11.4. The molecular formula is C21H23Cl2N3O4S. The molecular weight excluding hydrogens is 461 g/mol. The zero-order valence-corrected chi connectivity index (χ0v) is 19.5. The number of carbonyl (C=O) groups is 2. The molecule has 1 atom stereocenters. The largest absolute Gasteiger partial charge is 0.493 e. The molecule has 31 heavy (non-hydrogen) atoms. The van der Waals surface area contributed by atoms with Gasteiger partial charge >= 0.3 is 0 Å². The van der Waals surface area contributed by atoms with Crippen LogP contribution in [0.5, 0.6) is 11.5 Å². The van der Waals surface area contributed by atoms with E-state index >= 15 is 0 Å². The van der Waals surface area contributed by atoms with Gasteiger partial charge in [-0.3, -0.25) is 25.8 Å². The molecule has 0 heterocycles. The van der Waals surface area contributed by atoms with E-state index < -0.39 is 17.9 Å². The van der Waals surface area contributed by atoms with Gasteiger partial charge in [-0.15, -0.1) is 0 Å². The van der Waals surface area contributed by atoms with E-state index in [0.29, 0.717) is 34.6 Å². The Kier molecular flexibility index (Phi) is 9.36. The number of thiocarbonyl (C=S) groups is 1. The van der Waals surface area contributed by atoms with Crippen molar-refractivity contribution in [1.29, 1.82) is 0 Å². The molecule has 0 fully saturated rings. The molecule has 7 nitrogen and oxygen atoms in total. The second-order valence-corrected chi connectivity index (χ2v) is 8.22. The first-order chi connectivity index (χ1) is 14.7. The molecule has 0 aliphatic rings. The van der Waals surface area contributed by atoms with E-state index in [-0.39, 0.29) is 10.1 Å². The summed E-state index contributed by atoms with van der Waals surface area (Å²) in [6.07, 6.45) is -0.889. The molecule has 0 saturated heterocycles. The fourth-order valence-electron chi connectivity index (χ4n) is 2.23. The SMILES string of the molecule is CC(C)COc1cccc(C(=O)NC(=S)NNC(=O)C(C)Oc2ccc(Cl)cc2Cl)c1. The monoisotopic (exact) mass is 483 g/mol. The molecule has 10 heteroatoms. The second-order valence-electron chi connectivity index (χ2n) is 6.97. The molecule has 2 rings (SSSR count). The van der Waals surface area contributed by atoms with Gasteiger partial charge in [-0.1, -0.05) is 43.1 Å². The van der Waals surface area contributed by atoms with Gasteiger partial charge in [0, 0.05) is 10.6 Å². The zero-order chi connectivity index (χ0) is 23.0. The summed E-state index contributed by atoms with van der Waals surface area (Å²) in [7, 11) is 0. The van der Waals surface area contributed by atoms with Gasteiger partial charge in [0.1, 0.15) is 11.5 Å². The highest BCUT2D eigenvalue weighted by Gasteiger charge is 2.17. The van der Waals surface area contributed by atoms with Crippen LogP contribution in [0.1, 0.15) is 31.1 Å². The first-order valence-electron chi connectivity index (χ1n) is 9.41. The summed E-state index contributed by atoms with van der Waals surface area (Å²) in [5, 5.41) is 3.14. The van der Waals surface area contributed by atoms with E-state index in [1.807, 2.05) is 13.8 Å². The Balaban J connectivity index is 1.83. The number of carbonyl (C=O) groups excluding carboxylic acids is 2. The summed E-state index contributed by atoms with van der Waals surface area (Å²) in [6, 6.07) is 11.4. The molecule has 1 unspecified atom stereocenters. The summed E-state index contributed by atoms with van der Waals surface area (Å²) >= 11 is 16.9.